The molecule has 0 saturated carbocycles. The quantitative estimate of drug-likeness (QED) is 0.0291. The lowest BCUT2D eigenvalue weighted by molar-refractivity contribution is -0.172. The molecule has 0 saturated heterocycles. The number of carbonyl (C=O) groups is 11. The van der Waals surface area contributed by atoms with Crippen molar-refractivity contribution >= 4 is 76.0 Å². The summed E-state index contributed by atoms with van der Waals surface area (Å²) in [5.74, 6) is -10.1. The van der Waals surface area contributed by atoms with Gasteiger partial charge in [-0.25, -0.2) is 14.2 Å². The van der Waals surface area contributed by atoms with Gasteiger partial charge in [-0.3, -0.25) is 57.6 Å². The number of nitrogens with zero attached hydrogens (tertiary/aromatic N) is 4. The van der Waals surface area contributed by atoms with Crippen molar-refractivity contribution < 1.29 is 72.1 Å². The molecule has 0 fully saturated rings. The SMILES string of the molecule is CC[C@@]1(O)C(=O)OCc2c1cc1n(c2=O)Cc2c-1nc1cc(F)c(C)c3c1c2[C@@H](N(C(=O)CNC(=O)CNC(=O)[C@H](Cc1ccccc1)NC(=O)CNC(=O)CNC(=O)CCN1C(=O)C=CC1=O)[C@@H](CCC(=O)O)C(N)=O)CC3. The summed E-state index contributed by atoms with van der Waals surface area (Å²) in [6.07, 6.45) is 0.645. The van der Waals surface area contributed by atoms with E-state index in [-0.39, 0.29) is 78.8 Å². The third kappa shape index (κ3) is 11.6. The summed E-state index contributed by atoms with van der Waals surface area (Å²) in [6, 6.07) is 7.02. The molecule has 0 spiro atoms. The minimum atomic E-state index is -2.18. The molecule has 4 aromatic rings. The first kappa shape index (κ1) is 56.0. The molecule has 4 aliphatic rings. The Hall–Kier alpha value is -9.20. The summed E-state index contributed by atoms with van der Waals surface area (Å²) in [5.41, 5.74) is 5.70. The van der Waals surface area contributed by atoms with Crippen molar-refractivity contribution in [2.24, 2.45) is 5.73 Å². The van der Waals surface area contributed by atoms with Crippen LogP contribution in [0.1, 0.15) is 84.0 Å². The molecule has 0 radical (unpaired) electrons. The van der Waals surface area contributed by atoms with E-state index in [4.69, 9.17) is 15.5 Å². The number of aliphatic carboxylic acids is 1. The van der Waals surface area contributed by atoms with Crippen LogP contribution in [0.5, 0.6) is 0 Å². The molecule has 26 heteroatoms. The summed E-state index contributed by atoms with van der Waals surface area (Å²) < 4.78 is 22.3. The highest BCUT2D eigenvalue weighted by Gasteiger charge is 2.47. The van der Waals surface area contributed by atoms with Crippen molar-refractivity contribution in [3.05, 3.63) is 110 Å². The number of hydrogen-bond acceptors (Lipinski definition) is 15. The van der Waals surface area contributed by atoms with Crippen molar-refractivity contribution in [1.29, 1.82) is 0 Å². The van der Waals surface area contributed by atoms with Gasteiger partial charge in [0.05, 0.1) is 61.2 Å². The zero-order valence-electron chi connectivity index (χ0n) is 42.8. The zero-order chi connectivity index (χ0) is 57.0. The molecule has 25 nitrogen and oxygen atoms in total. The van der Waals surface area contributed by atoms with Crippen LogP contribution in [-0.4, -0.2) is 139 Å². The van der Waals surface area contributed by atoms with Gasteiger partial charge in [-0.15, -0.1) is 0 Å². The number of aromatic nitrogens is 2. The molecule has 0 bridgehead atoms. The van der Waals surface area contributed by atoms with Crippen LogP contribution < -0.4 is 37.9 Å². The molecule has 414 valence electrons. The molecular weight excluding hydrogens is 1040 g/mol. The molecule has 9 amide bonds. The van der Waals surface area contributed by atoms with Crippen LogP contribution in [-0.2, 0) is 89.1 Å². The van der Waals surface area contributed by atoms with Crippen molar-refractivity contribution in [2.75, 3.05) is 32.7 Å². The van der Waals surface area contributed by atoms with Crippen LogP contribution in [0.3, 0.4) is 0 Å². The topological polar surface area (TPSA) is 365 Å². The lowest BCUT2D eigenvalue weighted by Crippen LogP contribution is -2.54. The highest BCUT2D eigenvalue weighted by Crippen LogP contribution is 2.48. The number of nitrogens with one attached hydrogen (secondary N) is 5. The Balaban J connectivity index is 0.990. The number of amides is 9. The molecule has 2 aromatic heterocycles. The maximum atomic E-state index is 15.7. The summed E-state index contributed by atoms with van der Waals surface area (Å²) in [6.45, 7) is -0.496. The van der Waals surface area contributed by atoms with E-state index in [1.54, 1.807) is 37.3 Å². The van der Waals surface area contributed by atoms with E-state index in [0.717, 1.165) is 22.0 Å². The molecular formula is C53H55FN10O15. The minimum absolute atomic E-state index is 0.00792. The number of aryl methyl sites for hydroxylation is 1. The predicted octanol–water partition coefficient (Wildman–Crippen LogP) is -1.43. The van der Waals surface area contributed by atoms with E-state index in [0.29, 0.717) is 27.6 Å². The Kier molecular flexibility index (Phi) is 16.4. The molecule has 4 atom stereocenters. The van der Waals surface area contributed by atoms with Gasteiger partial charge < -0.3 is 56.7 Å². The zero-order valence-corrected chi connectivity index (χ0v) is 42.8. The smallest absolute Gasteiger partial charge is 0.343 e. The van der Waals surface area contributed by atoms with E-state index >= 15 is 4.39 Å². The van der Waals surface area contributed by atoms with Gasteiger partial charge in [0.25, 0.3) is 17.4 Å². The van der Waals surface area contributed by atoms with Gasteiger partial charge in [-0.05, 0) is 60.9 Å². The average molecular weight is 1090 g/mol. The van der Waals surface area contributed by atoms with Crippen LogP contribution in [0.2, 0.25) is 0 Å². The van der Waals surface area contributed by atoms with Crippen LogP contribution in [0.25, 0.3) is 22.3 Å². The van der Waals surface area contributed by atoms with Gasteiger partial charge in [0.2, 0.25) is 41.4 Å². The Morgan fingerprint density at radius 2 is 1.53 bits per heavy atom. The number of nitrogens with two attached hydrogens (primary N) is 1. The Morgan fingerprint density at radius 1 is 0.873 bits per heavy atom. The lowest BCUT2D eigenvalue weighted by Gasteiger charge is -2.40. The molecule has 1 aliphatic carbocycles. The standard InChI is InChI=1S/C53H55FN10O15/c1-3-53(78)31-18-37-48-29(24-63(37)51(76)30(31)25-79-52(53)77)47-35(10-9-28-26(2)32(54)19-33(61-48)46(28)47)64(36(49(55)74)11-14-45(72)73)44(71)23-58-40(67)21-59-50(75)34(17-27-7-5-4-6-8-27)60-41(68)22-57-39(66)20-56-38(65)15-16-62-42(69)12-13-43(62)70/h4-8,12-13,18-19,34-36,78H,3,9-11,14-17,20-25H2,1-2H3,(H2,55,74)(H,56,65)(H,57,66)(H,58,67)(H,59,75)(H,60,68)(H,72,73)/t34-,35-,36-,53-/m0/s1. The molecule has 3 aliphatic heterocycles. The fourth-order valence-electron chi connectivity index (χ4n) is 10.3. The number of aliphatic hydroxyl groups is 1. The number of pyridine rings is 2. The lowest BCUT2D eigenvalue weighted by atomic mass is 9.80. The minimum Gasteiger partial charge on any atom is -0.481 e. The second-order valence-corrected chi connectivity index (χ2v) is 19.3. The number of esters is 1. The Bertz CT molecular complexity index is 3340. The van der Waals surface area contributed by atoms with Crippen molar-refractivity contribution in [2.45, 2.75) is 95.7 Å². The van der Waals surface area contributed by atoms with Gasteiger partial charge in [-0.2, -0.15) is 0 Å². The average Bonchev–Trinajstić information content (AvgIpc) is 4.14. The number of benzene rings is 2. The first-order valence-electron chi connectivity index (χ1n) is 25.2. The van der Waals surface area contributed by atoms with Crippen molar-refractivity contribution in [3.63, 3.8) is 0 Å². The Labute approximate surface area is 448 Å². The summed E-state index contributed by atoms with van der Waals surface area (Å²) in [4.78, 5) is 163. The van der Waals surface area contributed by atoms with Gasteiger partial charge >= 0.3 is 11.9 Å². The van der Waals surface area contributed by atoms with E-state index in [1.807, 2.05) is 0 Å². The van der Waals surface area contributed by atoms with E-state index < -0.39 is 146 Å². The number of hydrogen-bond donors (Lipinski definition) is 8. The number of carboxylic acids is 1. The normalized spacial score (nSPS) is 17.4. The summed E-state index contributed by atoms with van der Waals surface area (Å²) in [7, 11) is 0. The number of halogens is 1. The van der Waals surface area contributed by atoms with Gasteiger partial charge in [-0.1, -0.05) is 37.3 Å². The first-order valence-corrected chi connectivity index (χ1v) is 25.2. The number of ether oxygens (including phenoxy) is 1. The number of carboxylic acid groups (broad SMARTS) is 1. The number of fused-ring (bicyclic) bond motifs is 5. The maximum Gasteiger partial charge on any atom is 0.343 e. The second kappa shape index (κ2) is 23.2. The van der Waals surface area contributed by atoms with E-state index in [9.17, 15) is 67.7 Å². The van der Waals surface area contributed by atoms with E-state index in [2.05, 4.69) is 26.6 Å². The number of imide groups is 1. The summed E-state index contributed by atoms with van der Waals surface area (Å²) >= 11 is 0. The van der Waals surface area contributed by atoms with Crippen LogP contribution in [0.4, 0.5) is 4.39 Å². The highest BCUT2D eigenvalue weighted by atomic mass is 19.1. The Morgan fingerprint density at radius 3 is 2.20 bits per heavy atom. The molecule has 5 heterocycles. The highest BCUT2D eigenvalue weighted by molar-refractivity contribution is 6.13. The molecule has 8 rings (SSSR count). The number of carbonyl (C=O) groups excluding carboxylic acids is 10. The van der Waals surface area contributed by atoms with Crippen molar-refractivity contribution in [3.8, 4) is 11.4 Å². The third-order valence-electron chi connectivity index (χ3n) is 14.4. The number of primary amides is 1. The summed E-state index contributed by atoms with van der Waals surface area (Å²) in [5, 5.41) is 33.6. The predicted molar refractivity (Wildman–Crippen MR) is 272 cm³/mol. The fourth-order valence-corrected chi connectivity index (χ4v) is 10.3. The molecule has 2 aromatic carbocycles. The van der Waals surface area contributed by atoms with Crippen molar-refractivity contribution in [1.82, 2.24) is 45.9 Å². The van der Waals surface area contributed by atoms with Crippen LogP contribution in [0, 0.1) is 12.7 Å². The largest absolute Gasteiger partial charge is 0.481 e. The number of cyclic esters (lactones) is 1. The molecule has 79 heavy (non-hydrogen) atoms. The third-order valence-corrected chi connectivity index (χ3v) is 14.4. The van der Waals surface area contributed by atoms with Gasteiger partial charge in [0.1, 0.15) is 24.5 Å². The maximum absolute atomic E-state index is 15.7. The molecule has 9 N–H and O–H groups in total. The molecule has 0 unspecified atom stereocenters. The van der Waals surface area contributed by atoms with Gasteiger partial charge in [0, 0.05) is 60.5 Å². The fraction of sp³-hybridized carbons (Fsp3) is 0.377. The van der Waals surface area contributed by atoms with Crippen LogP contribution >= 0.6 is 0 Å². The second-order valence-electron chi connectivity index (χ2n) is 19.3. The van der Waals surface area contributed by atoms with Gasteiger partial charge in [0.15, 0.2) is 5.60 Å². The monoisotopic (exact) mass is 1090 g/mol. The number of rotatable bonds is 22. The van der Waals surface area contributed by atoms with Crippen LogP contribution in [0.15, 0.2) is 59.4 Å². The first-order chi connectivity index (χ1) is 37.6. The van der Waals surface area contributed by atoms with E-state index in [1.165, 1.54) is 23.6 Å².